The maximum Gasteiger partial charge on any atom is 0.416 e. The van der Waals surface area contributed by atoms with Gasteiger partial charge in [-0.05, 0) is 43.9 Å². The summed E-state index contributed by atoms with van der Waals surface area (Å²) in [4.78, 5) is 21.0. The molecule has 10 heteroatoms. The van der Waals surface area contributed by atoms with E-state index in [1.807, 2.05) is 0 Å². The third-order valence-corrected chi connectivity index (χ3v) is 6.27. The van der Waals surface area contributed by atoms with E-state index in [1.54, 1.807) is 16.7 Å². The second-order valence-corrected chi connectivity index (χ2v) is 8.51. The van der Waals surface area contributed by atoms with Gasteiger partial charge in [0.15, 0.2) is 5.82 Å². The van der Waals surface area contributed by atoms with E-state index in [-0.39, 0.29) is 23.8 Å². The molecule has 0 bridgehead atoms. The van der Waals surface area contributed by atoms with Gasteiger partial charge in [-0.3, -0.25) is 0 Å². The van der Waals surface area contributed by atoms with Crippen LogP contribution < -0.4 is 0 Å². The van der Waals surface area contributed by atoms with Crippen LogP contribution in [0.4, 0.5) is 18.0 Å². The van der Waals surface area contributed by atoms with Gasteiger partial charge in [-0.2, -0.15) is 23.4 Å². The first-order valence-corrected chi connectivity index (χ1v) is 10.7. The van der Waals surface area contributed by atoms with Crippen LogP contribution in [-0.2, 0) is 6.18 Å². The highest BCUT2D eigenvalue weighted by Gasteiger charge is 2.37. The number of nitrogens with zero attached hydrogens (tertiary/aromatic N) is 5. The first-order valence-electron chi connectivity index (χ1n) is 10.7. The van der Waals surface area contributed by atoms with E-state index in [1.165, 1.54) is 12.1 Å². The molecule has 0 saturated carbocycles. The number of aromatic nitrogens is 2. The van der Waals surface area contributed by atoms with E-state index in [0.717, 1.165) is 17.7 Å². The van der Waals surface area contributed by atoms with Crippen molar-refractivity contribution in [2.75, 3.05) is 26.2 Å². The predicted octanol–water partition coefficient (Wildman–Crippen LogP) is 4.33. The Balaban J connectivity index is 1.55. The molecular formula is C22H24F3N5O2. The number of nitriles is 1. The molecule has 170 valence electrons. The van der Waals surface area contributed by atoms with Gasteiger partial charge in [0.1, 0.15) is 0 Å². The molecule has 1 aromatic carbocycles. The number of carbonyl (C=O) groups excluding carboxylic acids is 1. The van der Waals surface area contributed by atoms with Crippen molar-refractivity contribution >= 4 is 6.03 Å². The van der Waals surface area contributed by atoms with Crippen LogP contribution in [0.2, 0.25) is 0 Å². The summed E-state index contributed by atoms with van der Waals surface area (Å²) in [6.07, 6.45) is -2.52. The van der Waals surface area contributed by atoms with E-state index >= 15 is 0 Å². The van der Waals surface area contributed by atoms with Gasteiger partial charge in [0.2, 0.25) is 5.89 Å². The lowest BCUT2D eigenvalue weighted by atomic mass is 9.84. The van der Waals surface area contributed by atoms with Gasteiger partial charge >= 0.3 is 12.2 Å². The second-order valence-electron chi connectivity index (χ2n) is 8.51. The zero-order valence-corrected chi connectivity index (χ0v) is 17.7. The summed E-state index contributed by atoms with van der Waals surface area (Å²) in [6.45, 7) is 3.54. The lowest BCUT2D eigenvalue weighted by Crippen LogP contribution is -2.51. The summed E-state index contributed by atoms with van der Waals surface area (Å²) in [7, 11) is 0. The second kappa shape index (κ2) is 8.81. The monoisotopic (exact) mass is 447 g/mol. The van der Waals surface area contributed by atoms with E-state index in [2.05, 4.69) is 16.2 Å². The van der Waals surface area contributed by atoms with Gasteiger partial charge in [-0.25, -0.2) is 4.79 Å². The van der Waals surface area contributed by atoms with Crippen LogP contribution in [0.3, 0.4) is 0 Å². The maximum absolute atomic E-state index is 13.2. The summed E-state index contributed by atoms with van der Waals surface area (Å²) in [5.74, 6) is 0.518. The van der Waals surface area contributed by atoms with Crippen molar-refractivity contribution in [1.82, 2.24) is 19.9 Å². The van der Waals surface area contributed by atoms with Gasteiger partial charge in [0, 0.05) is 38.0 Å². The van der Waals surface area contributed by atoms with E-state index in [4.69, 9.17) is 9.78 Å². The Labute approximate surface area is 183 Å². The molecule has 0 spiro atoms. The highest BCUT2D eigenvalue weighted by atomic mass is 19.4. The fourth-order valence-corrected chi connectivity index (χ4v) is 4.50. The highest BCUT2D eigenvalue weighted by Crippen LogP contribution is 2.37. The van der Waals surface area contributed by atoms with Crippen molar-refractivity contribution in [3.63, 3.8) is 0 Å². The molecule has 2 aliphatic heterocycles. The minimum Gasteiger partial charge on any atom is -0.339 e. The Kier molecular flexibility index (Phi) is 6.09. The molecule has 2 aliphatic rings. The number of urea groups is 1. The third kappa shape index (κ3) is 4.71. The molecule has 7 nitrogen and oxygen atoms in total. The number of hydrogen-bond donors (Lipinski definition) is 0. The molecule has 0 aliphatic carbocycles. The molecule has 2 atom stereocenters. The molecule has 0 radical (unpaired) electrons. The summed E-state index contributed by atoms with van der Waals surface area (Å²) in [5.41, 5.74) is 0.0364. The molecule has 4 rings (SSSR count). The molecular weight excluding hydrogens is 423 g/mol. The van der Waals surface area contributed by atoms with E-state index in [9.17, 15) is 18.0 Å². The average Bonchev–Trinajstić information content (AvgIpc) is 3.24. The zero-order valence-electron chi connectivity index (χ0n) is 17.7. The SMILES string of the molecule is Cc1noc(C2CC(c3ccc(C(F)(F)F)cc3)CN(C(=O)N3CCC(C#N)CC3)C2)n1. The minimum atomic E-state index is -4.40. The van der Waals surface area contributed by atoms with Crippen LogP contribution in [0, 0.1) is 24.2 Å². The number of hydrogen-bond acceptors (Lipinski definition) is 5. The summed E-state index contributed by atoms with van der Waals surface area (Å²) in [6, 6.07) is 7.25. The lowest BCUT2D eigenvalue weighted by Gasteiger charge is -2.40. The molecule has 0 N–H and O–H groups in total. The van der Waals surface area contributed by atoms with E-state index < -0.39 is 11.7 Å². The molecule has 32 heavy (non-hydrogen) atoms. The fourth-order valence-electron chi connectivity index (χ4n) is 4.50. The van der Waals surface area contributed by atoms with Gasteiger partial charge < -0.3 is 14.3 Å². The normalized spacial score (nSPS) is 22.6. The smallest absolute Gasteiger partial charge is 0.339 e. The molecule has 2 amide bonds. The number of benzene rings is 1. The number of amides is 2. The Hall–Kier alpha value is -3.09. The Morgan fingerprint density at radius 2 is 1.78 bits per heavy atom. The van der Waals surface area contributed by atoms with Crippen molar-refractivity contribution < 1.29 is 22.5 Å². The Morgan fingerprint density at radius 1 is 1.12 bits per heavy atom. The first-order chi connectivity index (χ1) is 15.2. The molecule has 2 fully saturated rings. The lowest BCUT2D eigenvalue weighted by molar-refractivity contribution is -0.137. The number of halogens is 3. The van der Waals surface area contributed by atoms with Crippen LogP contribution >= 0.6 is 0 Å². The van der Waals surface area contributed by atoms with Crippen molar-refractivity contribution in [2.45, 2.75) is 44.2 Å². The third-order valence-electron chi connectivity index (χ3n) is 6.27. The number of aryl methyl sites for hydroxylation is 1. The first kappa shape index (κ1) is 22.1. The van der Waals surface area contributed by atoms with Crippen LogP contribution in [-0.4, -0.2) is 52.2 Å². The van der Waals surface area contributed by atoms with Gasteiger partial charge in [0.05, 0.1) is 17.6 Å². The van der Waals surface area contributed by atoms with E-state index in [0.29, 0.717) is 57.2 Å². The number of carbonyl (C=O) groups is 1. The van der Waals surface area contributed by atoms with Crippen LogP contribution in [0.25, 0.3) is 0 Å². The van der Waals surface area contributed by atoms with Crippen molar-refractivity contribution in [3.05, 3.63) is 47.1 Å². The maximum atomic E-state index is 13.2. The zero-order chi connectivity index (χ0) is 22.9. The highest BCUT2D eigenvalue weighted by molar-refractivity contribution is 5.75. The van der Waals surface area contributed by atoms with Crippen LogP contribution in [0.5, 0.6) is 0 Å². The Morgan fingerprint density at radius 3 is 2.34 bits per heavy atom. The minimum absolute atomic E-state index is 0.0329. The van der Waals surface area contributed by atoms with Crippen molar-refractivity contribution in [2.24, 2.45) is 5.92 Å². The number of rotatable bonds is 2. The summed E-state index contributed by atoms with van der Waals surface area (Å²) >= 11 is 0. The number of piperidine rings is 2. The van der Waals surface area contributed by atoms with Crippen LogP contribution in [0.1, 0.15) is 53.9 Å². The molecule has 1 aromatic heterocycles. The number of alkyl halides is 3. The fraction of sp³-hybridized carbons (Fsp3) is 0.545. The van der Waals surface area contributed by atoms with Crippen molar-refractivity contribution in [1.29, 1.82) is 5.26 Å². The van der Waals surface area contributed by atoms with Gasteiger partial charge in [0.25, 0.3) is 0 Å². The van der Waals surface area contributed by atoms with Gasteiger partial charge in [-0.15, -0.1) is 0 Å². The molecule has 2 aromatic rings. The Bertz CT molecular complexity index is 990. The predicted molar refractivity (Wildman–Crippen MR) is 107 cm³/mol. The summed E-state index contributed by atoms with van der Waals surface area (Å²) < 4.78 is 44.3. The molecule has 3 heterocycles. The molecule has 2 saturated heterocycles. The quantitative estimate of drug-likeness (QED) is 0.684. The topological polar surface area (TPSA) is 86.3 Å². The molecule has 2 unspecified atom stereocenters. The number of likely N-dealkylation sites (tertiary alicyclic amines) is 2. The largest absolute Gasteiger partial charge is 0.416 e. The van der Waals surface area contributed by atoms with Crippen molar-refractivity contribution in [3.8, 4) is 6.07 Å². The standard InChI is InChI=1S/C22H24F3N5O2/c1-14-27-20(32-28-14)18-10-17(16-2-4-19(5-3-16)22(23,24)25)12-30(13-18)21(31)29-8-6-15(11-26)7-9-29/h2-5,15,17-18H,6-10,12-13H2,1H3. The van der Waals surface area contributed by atoms with Crippen LogP contribution in [0.15, 0.2) is 28.8 Å². The average molecular weight is 447 g/mol. The van der Waals surface area contributed by atoms with Gasteiger partial charge in [-0.1, -0.05) is 17.3 Å². The summed E-state index contributed by atoms with van der Waals surface area (Å²) in [5, 5.41) is 13.0.